The second-order valence-corrected chi connectivity index (χ2v) is 6.21. The molecule has 2 heterocycles. The molecular formula is C16H25N3. The van der Waals surface area contributed by atoms with Crippen LogP contribution >= 0.6 is 0 Å². The third-order valence-corrected chi connectivity index (χ3v) is 4.76. The smallest absolute Gasteiger partial charge is 0.0583 e. The van der Waals surface area contributed by atoms with Crippen molar-refractivity contribution in [1.82, 2.24) is 10.3 Å². The summed E-state index contributed by atoms with van der Waals surface area (Å²) in [7, 11) is 0. The quantitative estimate of drug-likeness (QED) is 0.840. The van der Waals surface area contributed by atoms with E-state index in [0.717, 1.165) is 19.6 Å². The first-order valence-corrected chi connectivity index (χ1v) is 7.70. The van der Waals surface area contributed by atoms with E-state index in [1.165, 1.54) is 49.8 Å². The Morgan fingerprint density at radius 1 is 1.21 bits per heavy atom. The molecule has 1 aliphatic carbocycles. The summed E-state index contributed by atoms with van der Waals surface area (Å²) < 4.78 is 0. The Balaban J connectivity index is 1.83. The lowest BCUT2D eigenvalue weighted by Gasteiger charge is -2.40. The fourth-order valence-electron chi connectivity index (χ4n) is 3.68. The Morgan fingerprint density at radius 3 is 2.84 bits per heavy atom. The normalized spacial score (nSPS) is 23.3. The van der Waals surface area contributed by atoms with Gasteiger partial charge in [0.25, 0.3) is 0 Å². The maximum Gasteiger partial charge on any atom is 0.0583 e. The van der Waals surface area contributed by atoms with Crippen molar-refractivity contribution in [3.63, 3.8) is 0 Å². The monoisotopic (exact) mass is 259 g/mol. The molecular weight excluding hydrogens is 234 g/mol. The zero-order valence-corrected chi connectivity index (χ0v) is 12.0. The van der Waals surface area contributed by atoms with Crippen LogP contribution in [-0.2, 0) is 0 Å². The molecule has 104 valence electrons. The van der Waals surface area contributed by atoms with E-state index in [-0.39, 0.29) is 0 Å². The number of rotatable bonds is 1. The summed E-state index contributed by atoms with van der Waals surface area (Å²) in [5, 5.41) is 3.85. The van der Waals surface area contributed by atoms with Crippen LogP contribution in [0, 0.1) is 6.92 Å². The maximum atomic E-state index is 4.32. The van der Waals surface area contributed by atoms with Gasteiger partial charge in [0, 0.05) is 24.8 Å². The van der Waals surface area contributed by atoms with E-state index in [0.29, 0.717) is 5.54 Å². The van der Waals surface area contributed by atoms with Gasteiger partial charge in [0.2, 0.25) is 0 Å². The second-order valence-electron chi connectivity index (χ2n) is 6.21. The molecule has 1 spiro atoms. The molecule has 0 unspecified atom stereocenters. The summed E-state index contributed by atoms with van der Waals surface area (Å²) in [5.41, 5.74) is 3.04. The number of aromatic nitrogens is 1. The molecule has 1 aliphatic heterocycles. The number of hydrogen-bond acceptors (Lipinski definition) is 3. The molecule has 3 nitrogen and oxygen atoms in total. The number of nitrogens with one attached hydrogen (secondary N) is 1. The summed E-state index contributed by atoms with van der Waals surface area (Å²) in [6.45, 7) is 5.67. The average molecular weight is 259 g/mol. The summed E-state index contributed by atoms with van der Waals surface area (Å²) in [4.78, 5) is 6.89. The largest absolute Gasteiger partial charge is 0.368 e. The molecule has 1 aromatic rings. The van der Waals surface area contributed by atoms with Crippen LogP contribution in [0.25, 0.3) is 0 Å². The molecule has 3 rings (SSSR count). The Hall–Kier alpha value is -1.09. The van der Waals surface area contributed by atoms with E-state index in [1.807, 2.05) is 12.4 Å². The predicted octanol–water partition coefficient (Wildman–Crippen LogP) is 2.89. The minimum atomic E-state index is 0.358. The highest BCUT2D eigenvalue weighted by atomic mass is 15.2. The summed E-state index contributed by atoms with van der Waals surface area (Å²) in [6, 6.07) is 2.13. The molecule has 2 fully saturated rings. The molecule has 3 heteroatoms. The summed E-state index contributed by atoms with van der Waals surface area (Å²) in [5.74, 6) is 0. The van der Waals surface area contributed by atoms with Crippen LogP contribution in [0.2, 0.25) is 0 Å². The minimum absolute atomic E-state index is 0.358. The van der Waals surface area contributed by atoms with Gasteiger partial charge in [0.15, 0.2) is 0 Å². The Bertz CT molecular complexity index is 424. The van der Waals surface area contributed by atoms with E-state index in [4.69, 9.17) is 0 Å². The van der Waals surface area contributed by atoms with Crippen LogP contribution in [0.15, 0.2) is 18.5 Å². The Kier molecular flexibility index (Phi) is 3.74. The SMILES string of the molecule is Cc1ccncc1N1CCCNC2(CCCCC2)C1. The molecule has 0 amide bonds. The van der Waals surface area contributed by atoms with E-state index in [2.05, 4.69) is 28.2 Å². The van der Waals surface area contributed by atoms with Gasteiger partial charge in [-0.2, -0.15) is 0 Å². The predicted molar refractivity (Wildman–Crippen MR) is 79.6 cm³/mol. The first-order valence-electron chi connectivity index (χ1n) is 7.70. The second kappa shape index (κ2) is 5.49. The van der Waals surface area contributed by atoms with Gasteiger partial charge in [-0.3, -0.25) is 4.98 Å². The van der Waals surface area contributed by atoms with E-state index in [9.17, 15) is 0 Å². The number of nitrogens with zero attached hydrogens (tertiary/aromatic N) is 2. The van der Waals surface area contributed by atoms with Crippen molar-refractivity contribution in [2.45, 2.75) is 51.0 Å². The van der Waals surface area contributed by atoms with Crippen LogP contribution in [0.3, 0.4) is 0 Å². The van der Waals surface area contributed by atoms with E-state index >= 15 is 0 Å². The van der Waals surface area contributed by atoms with E-state index < -0.39 is 0 Å². The van der Waals surface area contributed by atoms with Crippen LogP contribution in [0.5, 0.6) is 0 Å². The van der Waals surface area contributed by atoms with Gasteiger partial charge in [-0.25, -0.2) is 0 Å². The Labute approximate surface area is 116 Å². The van der Waals surface area contributed by atoms with Crippen molar-refractivity contribution in [2.75, 3.05) is 24.5 Å². The molecule has 1 saturated heterocycles. The number of anilines is 1. The average Bonchev–Trinajstić information content (AvgIpc) is 2.63. The molecule has 1 N–H and O–H groups in total. The summed E-state index contributed by atoms with van der Waals surface area (Å²) >= 11 is 0. The first kappa shape index (κ1) is 12.9. The molecule has 0 radical (unpaired) electrons. The van der Waals surface area contributed by atoms with Gasteiger partial charge >= 0.3 is 0 Å². The molecule has 1 saturated carbocycles. The number of aryl methyl sites for hydroxylation is 1. The lowest BCUT2D eigenvalue weighted by Crippen LogP contribution is -2.52. The summed E-state index contributed by atoms with van der Waals surface area (Å²) in [6.07, 6.45) is 12.0. The van der Waals surface area contributed by atoms with Crippen LogP contribution in [0.4, 0.5) is 5.69 Å². The topological polar surface area (TPSA) is 28.2 Å². The molecule has 0 bridgehead atoms. The van der Waals surface area contributed by atoms with Crippen molar-refractivity contribution in [3.8, 4) is 0 Å². The molecule has 0 aromatic carbocycles. The molecule has 0 atom stereocenters. The van der Waals surface area contributed by atoms with Crippen molar-refractivity contribution >= 4 is 5.69 Å². The van der Waals surface area contributed by atoms with Crippen molar-refractivity contribution in [2.24, 2.45) is 0 Å². The van der Waals surface area contributed by atoms with Gasteiger partial charge < -0.3 is 10.2 Å². The van der Waals surface area contributed by atoms with Crippen molar-refractivity contribution in [3.05, 3.63) is 24.0 Å². The van der Waals surface area contributed by atoms with Gasteiger partial charge in [-0.15, -0.1) is 0 Å². The highest BCUT2D eigenvalue weighted by Crippen LogP contribution is 2.32. The van der Waals surface area contributed by atoms with Crippen LogP contribution < -0.4 is 10.2 Å². The first-order chi connectivity index (χ1) is 9.29. The van der Waals surface area contributed by atoms with Crippen molar-refractivity contribution < 1.29 is 0 Å². The van der Waals surface area contributed by atoms with Gasteiger partial charge in [-0.05, 0) is 44.4 Å². The number of pyridine rings is 1. The lowest BCUT2D eigenvalue weighted by molar-refractivity contribution is 0.246. The third kappa shape index (κ3) is 2.76. The highest BCUT2D eigenvalue weighted by molar-refractivity contribution is 5.51. The standard InChI is InChI=1S/C16H25N3/c1-14-6-10-17-12-15(14)19-11-5-9-18-16(13-19)7-3-2-4-8-16/h6,10,12,18H,2-5,7-9,11,13H2,1H3. The van der Waals surface area contributed by atoms with Crippen LogP contribution in [-0.4, -0.2) is 30.2 Å². The van der Waals surface area contributed by atoms with Gasteiger partial charge in [0.05, 0.1) is 11.9 Å². The zero-order valence-electron chi connectivity index (χ0n) is 12.0. The zero-order chi connectivity index (χ0) is 13.1. The van der Waals surface area contributed by atoms with Crippen molar-refractivity contribution in [1.29, 1.82) is 0 Å². The lowest BCUT2D eigenvalue weighted by atomic mass is 9.81. The molecule has 1 aromatic heterocycles. The third-order valence-electron chi connectivity index (χ3n) is 4.76. The fraction of sp³-hybridized carbons (Fsp3) is 0.688. The number of hydrogen-bond donors (Lipinski definition) is 1. The fourth-order valence-corrected chi connectivity index (χ4v) is 3.68. The van der Waals surface area contributed by atoms with E-state index in [1.54, 1.807) is 0 Å². The molecule has 19 heavy (non-hydrogen) atoms. The van der Waals surface area contributed by atoms with Gasteiger partial charge in [0.1, 0.15) is 0 Å². The van der Waals surface area contributed by atoms with Crippen LogP contribution in [0.1, 0.15) is 44.1 Å². The molecule has 2 aliphatic rings. The minimum Gasteiger partial charge on any atom is -0.368 e. The highest BCUT2D eigenvalue weighted by Gasteiger charge is 2.35. The Morgan fingerprint density at radius 2 is 2.05 bits per heavy atom. The van der Waals surface area contributed by atoms with Gasteiger partial charge in [-0.1, -0.05) is 19.3 Å². The maximum absolute atomic E-state index is 4.32.